The molecule has 2 aliphatic rings. The molecule has 0 bridgehead atoms. The lowest BCUT2D eigenvalue weighted by Gasteiger charge is -2.39. The van der Waals surface area contributed by atoms with Crippen molar-refractivity contribution in [2.75, 3.05) is 10.6 Å². The van der Waals surface area contributed by atoms with Crippen molar-refractivity contribution < 1.29 is 38.8 Å². The molecule has 3 amide bonds. The third-order valence-electron chi connectivity index (χ3n) is 8.73. The van der Waals surface area contributed by atoms with Crippen molar-refractivity contribution in [3.63, 3.8) is 0 Å². The number of fused-ring (bicyclic) bond motifs is 5. The number of benzene rings is 6. The highest BCUT2D eigenvalue weighted by Crippen LogP contribution is 2.45. The van der Waals surface area contributed by atoms with Crippen molar-refractivity contribution in [3.8, 4) is 0 Å². The first-order chi connectivity index (χ1) is 27.3. The Morgan fingerprint density at radius 1 is 0.661 bits per heavy atom. The second-order valence-electron chi connectivity index (χ2n) is 12.3. The van der Waals surface area contributed by atoms with Gasteiger partial charge in [-0.1, -0.05) is 121 Å². The summed E-state index contributed by atoms with van der Waals surface area (Å²) >= 11 is 0. The van der Waals surface area contributed by atoms with Gasteiger partial charge in [0.25, 0.3) is 17.7 Å². The number of carboxylic acids is 1. The summed E-state index contributed by atoms with van der Waals surface area (Å²) in [6.07, 6.45) is -0.0662. The van der Waals surface area contributed by atoms with Crippen LogP contribution in [0.2, 0.25) is 0 Å². The Morgan fingerprint density at radius 2 is 1.21 bits per heavy atom. The van der Waals surface area contributed by atoms with Gasteiger partial charge in [0.15, 0.2) is 12.5 Å². The maximum absolute atomic E-state index is 13.2. The van der Waals surface area contributed by atoms with Crippen LogP contribution >= 0.6 is 0 Å². The molecule has 4 N–H and O–H groups in total. The van der Waals surface area contributed by atoms with Crippen LogP contribution in [0.5, 0.6) is 0 Å². The number of aldehydes is 1. The normalized spacial score (nSPS) is 13.5. The molecule has 8 rings (SSSR count). The van der Waals surface area contributed by atoms with Crippen LogP contribution in [0.3, 0.4) is 0 Å². The Kier molecular flexibility index (Phi) is 12.4. The topological polar surface area (TPSA) is 169 Å². The number of nitrogens with two attached hydrogens (primary N) is 1. The Bertz CT molecular complexity index is 2350. The molecule has 0 spiro atoms. The monoisotopic (exact) mass is 748 g/mol. The lowest BCUT2D eigenvalue weighted by molar-refractivity contribution is -0.160. The van der Waals surface area contributed by atoms with Crippen molar-refractivity contribution in [1.82, 2.24) is 10.5 Å². The number of anilines is 2. The minimum absolute atomic E-state index is 0.0440. The number of rotatable bonds is 9. The number of para-hydroxylation sites is 2. The molecule has 0 saturated heterocycles. The van der Waals surface area contributed by atoms with Gasteiger partial charge in [0.2, 0.25) is 0 Å². The fourth-order valence-corrected chi connectivity index (χ4v) is 6.02. The Morgan fingerprint density at radius 3 is 1.86 bits per heavy atom. The lowest BCUT2D eigenvalue weighted by Crippen LogP contribution is -2.48. The first kappa shape index (κ1) is 38.3. The van der Waals surface area contributed by atoms with E-state index < -0.39 is 12.1 Å². The average molecular weight is 749 g/mol. The predicted molar refractivity (Wildman–Crippen MR) is 208 cm³/mol. The fraction of sp³-hybridized carbons (Fsp3) is 0.0682. The van der Waals surface area contributed by atoms with Crippen molar-refractivity contribution in [2.45, 2.75) is 19.4 Å². The summed E-state index contributed by atoms with van der Waals surface area (Å²) in [7, 11) is 0. The van der Waals surface area contributed by atoms with E-state index in [1.807, 2.05) is 84.9 Å². The third kappa shape index (κ3) is 8.69. The maximum atomic E-state index is 13.2. The maximum Gasteiger partial charge on any atom is 0.336 e. The Hall–Kier alpha value is -7.41. The largest absolute Gasteiger partial charge is 0.478 e. The summed E-state index contributed by atoms with van der Waals surface area (Å²) in [5.41, 5.74) is 13.5. The van der Waals surface area contributed by atoms with Gasteiger partial charge in [0.1, 0.15) is 6.61 Å². The SMILES string of the molecule is Nc1ccccc1C(=O)NOCc1ccccc1.O=C1c2ccccc2N2C(=O)c3ccccc3C2N1OCc1ccccc1.O=Cc1ccccc1C(=O)O. The first-order valence-corrected chi connectivity index (χ1v) is 17.4. The molecule has 1 unspecified atom stereocenters. The van der Waals surface area contributed by atoms with Crippen LogP contribution in [-0.2, 0) is 22.9 Å². The van der Waals surface area contributed by atoms with Gasteiger partial charge >= 0.3 is 5.97 Å². The smallest absolute Gasteiger partial charge is 0.336 e. The lowest BCUT2D eigenvalue weighted by atomic mass is 10.1. The van der Waals surface area contributed by atoms with Crippen LogP contribution in [0.1, 0.15) is 74.6 Å². The number of aromatic carboxylic acids is 1. The number of hydroxylamine groups is 3. The van der Waals surface area contributed by atoms with Crippen molar-refractivity contribution in [1.29, 1.82) is 0 Å². The van der Waals surface area contributed by atoms with Crippen LogP contribution in [0, 0.1) is 0 Å². The molecule has 6 aromatic rings. The van der Waals surface area contributed by atoms with E-state index in [1.54, 1.807) is 65.6 Å². The summed E-state index contributed by atoms with van der Waals surface area (Å²) in [5.74, 6) is -1.78. The summed E-state index contributed by atoms with van der Waals surface area (Å²) in [6, 6.07) is 46.7. The van der Waals surface area contributed by atoms with E-state index in [0.29, 0.717) is 41.0 Å². The van der Waals surface area contributed by atoms with E-state index in [-0.39, 0.29) is 35.5 Å². The van der Waals surface area contributed by atoms with Crippen molar-refractivity contribution in [3.05, 3.63) is 202 Å². The molecule has 6 aromatic carbocycles. The molecule has 0 aromatic heterocycles. The van der Waals surface area contributed by atoms with Gasteiger partial charge in [-0.05, 0) is 47.5 Å². The van der Waals surface area contributed by atoms with Gasteiger partial charge in [-0.2, -0.15) is 5.06 Å². The molecule has 12 heteroatoms. The molecule has 0 fully saturated rings. The Labute approximate surface area is 322 Å². The van der Waals surface area contributed by atoms with Gasteiger partial charge in [0.05, 0.1) is 29.0 Å². The molecule has 0 saturated carbocycles. The number of nitrogen functional groups attached to an aromatic ring is 1. The zero-order chi connectivity index (χ0) is 39.4. The molecule has 2 heterocycles. The summed E-state index contributed by atoms with van der Waals surface area (Å²) in [6.45, 7) is 0.564. The van der Waals surface area contributed by atoms with E-state index in [2.05, 4.69) is 5.48 Å². The van der Waals surface area contributed by atoms with Gasteiger partial charge in [-0.3, -0.25) is 33.8 Å². The third-order valence-corrected chi connectivity index (χ3v) is 8.73. The van der Waals surface area contributed by atoms with Gasteiger partial charge in [-0.25, -0.2) is 10.3 Å². The molecule has 1 atom stereocenters. The highest BCUT2D eigenvalue weighted by molar-refractivity contribution is 6.16. The number of nitrogens with zero attached hydrogens (tertiary/aromatic N) is 2. The fourth-order valence-electron chi connectivity index (χ4n) is 6.02. The zero-order valence-corrected chi connectivity index (χ0v) is 29.9. The summed E-state index contributed by atoms with van der Waals surface area (Å²) < 4.78 is 0. The first-order valence-electron chi connectivity index (χ1n) is 17.4. The van der Waals surface area contributed by atoms with Crippen LogP contribution in [0.4, 0.5) is 11.4 Å². The van der Waals surface area contributed by atoms with Crippen molar-refractivity contribution in [2.24, 2.45) is 0 Å². The van der Waals surface area contributed by atoms with Gasteiger partial charge in [-0.15, -0.1) is 0 Å². The second kappa shape index (κ2) is 18.1. The number of carbonyl (C=O) groups excluding carboxylic acids is 4. The van der Waals surface area contributed by atoms with E-state index in [0.717, 1.165) is 16.7 Å². The highest BCUT2D eigenvalue weighted by atomic mass is 16.7. The molecular weight excluding hydrogens is 713 g/mol. The number of nitrogens with one attached hydrogen (secondary N) is 1. The number of carboxylic acid groups (broad SMARTS) is 1. The average Bonchev–Trinajstić information content (AvgIpc) is 3.54. The van der Waals surface area contributed by atoms with Crippen LogP contribution in [-0.4, -0.2) is 40.1 Å². The number of hydrogen-bond donors (Lipinski definition) is 3. The molecule has 0 radical (unpaired) electrons. The van der Waals surface area contributed by atoms with Gasteiger partial charge < -0.3 is 10.8 Å². The van der Waals surface area contributed by atoms with E-state index in [4.69, 9.17) is 20.5 Å². The second-order valence-corrected chi connectivity index (χ2v) is 12.3. The Balaban J connectivity index is 0.000000158. The standard InChI is InChI=1S/C22H16N2O3.C14H14N2O2.C8H6O3/c25-21-17-11-5-4-10-16(17)20-23(21)19-13-7-6-12-18(19)22(26)24(20)27-14-15-8-2-1-3-9-15;15-13-9-5-4-8-12(13)14(17)16-18-10-11-6-2-1-3-7-11;9-5-6-3-1-2-4-7(6)8(10)11/h1-13,20H,14H2;1-9H,10,15H2,(H,16,17);1-5H,(H,10,11). The number of amides is 3. The number of carbonyl (C=O) groups is 5. The molecule has 2 aliphatic heterocycles. The quantitative estimate of drug-likeness (QED) is 0.0783. The van der Waals surface area contributed by atoms with Gasteiger partial charge in [0, 0.05) is 22.4 Å². The molecule has 56 heavy (non-hydrogen) atoms. The minimum Gasteiger partial charge on any atom is -0.478 e. The molecule has 12 nitrogen and oxygen atoms in total. The summed E-state index contributed by atoms with van der Waals surface area (Å²) in [5, 5.41) is 9.87. The predicted octanol–water partition coefficient (Wildman–Crippen LogP) is 7.26. The number of hydrogen-bond acceptors (Lipinski definition) is 8. The summed E-state index contributed by atoms with van der Waals surface area (Å²) in [4.78, 5) is 71.4. The highest BCUT2D eigenvalue weighted by Gasteiger charge is 2.48. The minimum atomic E-state index is -1.08. The zero-order valence-electron chi connectivity index (χ0n) is 29.9. The van der Waals surface area contributed by atoms with Crippen LogP contribution in [0.15, 0.2) is 158 Å². The van der Waals surface area contributed by atoms with Crippen molar-refractivity contribution >= 4 is 41.4 Å². The van der Waals surface area contributed by atoms with E-state index in [9.17, 15) is 24.0 Å². The van der Waals surface area contributed by atoms with E-state index in [1.165, 1.54) is 17.2 Å². The van der Waals surface area contributed by atoms with Crippen LogP contribution < -0.4 is 16.1 Å². The van der Waals surface area contributed by atoms with Crippen LogP contribution in [0.25, 0.3) is 0 Å². The van der Waals surface area contributed by atoms with E-state index >= 15 is 0 Å². The molecular formula is C44H36N4O8. The molecule has 0 aliphatic carbocycles. The molecule has 280 valence electrons.